The molecule has 98 valence electrons. The van der Waals surface area contributed by atoms with Gasteiger partial charge in [-0.25, -0.2) is 0 Å². The number of methoxy groups -OCH3 is 1. The summed E-state index contributed by atoms with van der Waals surface area (Å²) in [5.74, 6) is 1.22. The van der Waals surface area contributed by atoms with Crippen molar-refractivity contribution in [1.29, 1.82) is 0 Å². The molecule has 18 heavy (non-hydrogen) atoms. The molecule has 2 rings (SSSR count). The van der Waals surface area contributed by atoms with Gasteiger partial charge in [0.15, 0.2) is 0 Å². The topological polar surface area (TPSA) is 29.5 Å². The Kier molecular flexibility index (Phi) is 4.84. The standard InChI is InChI=1S/C15H19BrO2/c1-18-15-8-7-13(16)9-12(15)10-14(17)11-5-3-2-4-6-11/h2-3,7-9,11,14,17H,4-6,10H2,1H3. The van der Waals surface area contributed by atoms with Gasteiger partial charge in [-0.1, -0.05) is 28.1 Å². The lowest BCUT2D eigenvalue weighted by molar-refractivity contribution is 0.101. The molecule has 0 bridgehead atoms. The summed E-state index contributed by atoms with van der Waals surface area (Å²) in [4.78, 5) is 0. The van der Waals surface area contributed by atoms with Crippen LogP contribution in [0.3, 0.4) is 0 Å². The number of ether oxygens (including phenoxy) is 1. The van der Waals surface area contributed by atoms with E-state index in [4.69, 9.17) is 4.74 Å². The minimum absolute atomic E-state index is 0.293. The Balaban J connectivity index is 2.07. The Labute approximate surface area is 117 Å². The Morgan fingerprint density at radius 2 is 2.28 bits per heavy atom. The number of rotatable bonds is 4. The number of hydrogen-bond donors (Lipinski definition) is 1. The van der Waals surface area contributed by atoms with Gasteiger partial charge in [-0.05, 0) is 48.9 Å². The van der Waals surface area contributed by atoms with Crippen molar-refractivity contribution in [3.63, 3.8) is 0 Å². The minimum Gasteiger partial charge on any atom is -0.496 e. The molecule has 0 spiro atoms. The maximum Gasteiger partial charge on any atom is 0.122 e. The van der Waals surface area contributed by atoms with Crippen molar-refractivity contribution in [3.05, 3.63) is 40.4 Å². The molecule has 1 aliphatic carbocycles. The lowest BCUT2D eigenvalue weighted by atomic mass is 9.86. The molecule has 0 saturated heterocycles. The molecule has 0 heterocycles. The number of benzene rings is 1. The van der Waals surface area contributed by atoms with Crippen molar-refractivity contribution in [2.45, 2.75) is 31.8 Å². The molecule has 3 heteroatoms. The van der Waals surface area contributed by atoms with Crippen LogP contribution in [-0.2, 0) is 6.42 Å². The second-order valence-corrected chi connectivity index (χ2v) is 5.69. The van der Waals surface area contributed by atoms with E-state index in [-0.39, 0.29) is 6.10 Å². The molecule has 2 unspecified atom stereocenters. The average Bonchev–Trinajstić information content (AvgIpc) is 2.40. The van der Waals surface area contributed by atoms with Crippen LogP contribution in [0.2, 0.25) is 0 Å². The van der Waals surface area contributed by atoms with Gasteiger partial charge in [0.25, 0.3) is 0 Å². The zero-order chi connectivity index (χ0) is 13.0. The molecule has 2 nitrogen and oxygen atoms in total. The third kappa shape index (κ3) is 3.36. The van der Waals surface area contributed by atoms with Crippen LogP contribution >= 0.6 is 15.9 Å². The van der Waals surface area contributed by atoms with Crippen molar-refractivity contribution < 1.29 is 9.84 Å². The first kappa shape index (κ1) is 13.6. The van der Waals surface area contributed by atoms with E-state index in [2.05, 4.69) is 28.1 Å². The normalized spacial score (nSPS) is 20.7. The number of aliphatic hydroxyl groups excluding tert-OH is 1. The zero-order valence-electron chi connectivity index (χ0n) is 10.6. The summed E-state index contributed by atoms with van der Waals surface area (Å²) in [6, 6.07) is 5.92. The highest BCUT2D eigenvalue weighted by molar-refractivity contribution is 9.10. The molecule has 0 fully saturated rings. The maximum absolute atomic E-state index is 10.3. The third-order valence-electron chi connectivity index (χ3n) is 3.53. The van der Waals surface area contributed by atoms with E-state index in [0.29, 0.717) is 12.3 Å². The van der Waals surface area contributed by atoms with Gasteiger partial charge in [0, 0.05) is 10.9 Å². The number of halogens is 1. The van der Waals surface area contributed by atoms with Crippen molar-refractivity contribution >= 4 is 15.9 Å². The summed E-state index contributed by atoms with van der Waals surface area (Å²) in [6.45, 7) is 0. The fourth-order valence-corrected chi connectivity index (χ4v) is 2.87. The van der Waals surface area contributed by atoms with Crippen LogP contribution in [0.4, 0.5) is 0 Å². The van der Waals surface area contributed by atoms with E-state index < -0.39 is 0 Å². The second-order valence-electron chi connectivity index (χ2n) is 4.77. The highest BCUT2D eigenvalue weighted by atomic mass is 79.9. The first-order valence-corrected chi connectivity index (χ1v) is 7.15. The van der Waals surface area contributed by atoms with Crippen LogP contribution in [0.5, 0.6) is 5.75 Å². The summed E-state index contributed by atoms with van der Waals surface area (Å²) < 4.78 is 6.36. The first-order valence-electron chi connectivity index (χ1n) is 6.36. The fraction of sp³-hybridized carbons (Fsp3) is 0.467. The maximum atomic E-state index is 10.3. The fourth-order valence-electron chi connectivity index (χ4n) is 2.47. The second kappa shape index (κ2) is 6.39. The van der Waals surface area contributed by atoms with Gasteiger partial charge >= 0.3 is 0 Å². The van der Waals surface area contributed by atoms with Crippen LogP contribution in [0, 0.1) is 5.92 Å². The molecular formula is C15H19BrO2. The van der Waals surface area contributed by atoms with E-state index in [9.17, 15) is 5.11 Å². The summed E-state index contributed by atoms with van der Waals surface area (Å²) in [5.41, 5.74) is 1.06. The first-order chi connectivity index (χ1) is 8.70. The van der Waals surface area contributed by atoms with Gasteiger partial charge in [0.05, 0.1) is 13.2 Å². The third-order valence-corrected chi connectivity index (χ3v) is 4.02. The van der Waals surface area contributed by atoms with Gasteiger partial charge in [-0.3, -0.25) is 0 Å². The van der Waals surface area contributed by atoms with E-state index in [1.165, 1.54) is 0 Å². The van der Waals surface area contributed by atoms with Gasteiger partial charge in [-0.15, -0.1) is 0 Å². The summed E-state index contributed by atoms with van der Waals surface area (Å²) >= 11 is 3.46. The molecule has 0 saturated carbocycles. The molecule has 1 aliphatic rings. The van der Waals surface area contributed by atoms with Crippen molar-refractivity contribution in [2.75, 3.05) is 7.11 Å². The smallest absolute Gasteiger partial charge is 0.122 e. The van der Waals surface area contributed by atoms with E-state index in [1.54, 1.807) is 7.11 Å². The molecule has 0 aromatic heterocycles. The van der Waals surface area contributed by atoms with Gasteiger partial charge in [0.2, 0.25) is 0 Å². The molecule has 0 aliphatic heterocycles. The SMILES string of the molecule is COc1ccc(Br)cc1CC(O)C1CC=CCC1. The predicted molar refractivity (Wildman–Crippen MR) is 76.9 cm³/mol. The molecule has 0 amide bonds. The van der Waals surface area contributed by atoms with Crippen LogP contribution in [0.25, 0.3) is 0 Å². The molecule has 2 atom stereocenters. The Morgan fingerprint density at radius 1 is 1.44 bits per heavy atom. The monoisotopic (exact) mass is 310 g/mol. The molecule has 1 aromatic rings. The lowest BCUT2D eigenvalue weighted by Gasteiger charge is -2.24. The number of aliphatic hydroxyl groups is 1. The van der Waals surface area contributed by atoms with Crippen molar-refractivity contribution in [3.8, 4) is 5.75 Å². The van der Waals surface area contributed by atoms with Crippen LogP contribution in [-0.4, -0.2) is 18.3 Å². The van der Waals surface area contributed by atoms with E-state index in [1.807, 2.05) is 18.2 Å². The van der Waals surface area contributed by atoms with E-state index in [0.717, 1.165) is 35.0 Å². The molecule has 1 aromatic carbocycles. The number of hydrogen-bond acceptors (Lipinski definition) is 2. The highest BCUT2D eigenvalue weighted by Crippen LogP contribution is 2.28. The Hall–Kier alpha value is -0.800. The summed E-state index contributed by atoms with van der Waals surface area (Å²) in [6.07, 6.45) is 7.88. The zero-order valence-corrected chi connectivity index (χ0v) is 12.2. The highest BCUT2D eigenvalue weighted by Gasteiger charge is 2.21. The van der Waals surface area contributed by atoms with Crippen molar-refractivity contribution in [1.82, 2.24) is 0 Å². The Morgan fingerprint density at radius 3 is 2.94 bits per heavy atom. The Bertz CT molecular complexity index is 429. The minimum atomic E-state index is -0.293. The van der Waals surface area contributed by atoms with Gasteiger partial charge in [0.1, 0.15) is 5.75 Å². The summed E-state index contributed by atoms with van der Waals surface area (Å²) in [7, 11) is 1.67. The molecule has 1 N–H and O–H groups in total. The van der Waals surface area contributed by atoms with Crippen molar-refractivity contribution in [2.24, 2.45) is 5.92 Å². The molecule has 0 radical (unpaired) electrons. The average molecular weight is 311 g/mol. The largest absolute Gasteiger partial charge is 0.496 e. The van der Waals surface area contributed by atoms with Crippen LogP contribution < -0.4 is 4.74 Å². The number of allylic oxidation sites excluding steroid dienone is 2. The van der Waals surface area contributed by atoms with Crippen LogP contribution in [0.1, 0.15) is 24.8 Å². The van der Waals surface area contributed by atoms with Gasteiger partial charge < -0.3 is 9.84 Å². The van der Waals surface area contributed by atoms with Crippen LogP contribution in [0.15, 0.2) is 34.8 Å². The summed E-state index contributed by atoms with van der Waals surface area (Å²) in [5, 5.41) is 10.3. The lowest BCUT2D eigenvalue weighted by Crippen LogP contribution is -2.24. The predicted octanol–water partition coefficient (Wildman–Crippen LogP) is 3.72. The quantitative estimate of drug-likeness (QED) is 0.859. The van der Waals surface area contributed by atoms with E-state index >= 15 is 0 Å². The van der Waals surface area contributed by atoms with Gasteiger partial charge in [-0.2, -0.15) is 0 Å². The molecular weight excluding hydrogens is 292 g/mol.